The number of imidazole rings is 1. The predicted octanol–water partition coefficient (Wildman–Crippen LogP) is 5.74. The van der Waals surface area contributed by atoms with Crippen LogP contribution < -0.4 is 15.8 Å². The molecule has 3 aromatic heterocycles. The van der Waals surface area contributed by atoms with Crippen molar-refractivity contribution in [2.24, 2.45) is 7.05 Å². The summed E-state index contributed by atoms with van der Waals surface area (Å²) in [4.78, 5) is 24.0. The topological polar surface area (TPSA) is 116 Å². The molecule has 0 radical (unpaired) electrons. The fourth-order valence-electron chi connectivity index (χ4n) is 6.39. The van der Waals surface area contributed by atoms with Crippen molar-refractivity contribution in [1.82, 2.24) is 29.0 Å². The predicted molar refractivity (Wildman–Crippen MR) is 152 cm³/mol. The number of anilines is 2. The van der Waals surface area contributed by atoms with Gasteiger partial charge in [-0.1, -0.05) is 0 Å². The molecule has 4 aromatic rings. The number of rotatable bonds is 6. The van der Waals surface area contributed by atoms with Gasteiger partial charge in [-0.3, -0.25) is 18.8 Å². The molecule has 2 saturated heterocycles. The van der Waals surface area contributed by atoms with Gasteiger partial charge in [0.2, 0.25) is 0 Å². The van der Waals surface area contributed by atoms with Crippen LogP contribution in [0.25, 0.3) is 16.8 Å². The van der Waals surface area contributed by atoms with Crippen molar-refractivity contribution in [1.29, 1.82) is 0 Å². The lowest BCUT2D eigenvalue weighted by Gasteiger charge is -2.34. The SMILES string of the molecule is CCOc1cc(C(=O)Nc2cc(C(F)(F)F)n(C)n2)ccc1-c1nc(C2CCC3CCCN3C2)n2c(C(F)(F)F)cnc(N)c12. The summed E-state index contributed by atoms with van der Waals surface area (Å²) in [6, 6.07) is 5.30. The van der Waals surface area contributed by atoms with Crippen LogP contribution in [0.5, 0.6) is 5.75 Å². The Morgan fingerprint density at radius 1 is 1.09 bits per heavy atom. The van der Waals surface area contributed by atoms with Crippen LogP contribution in [0, 0.1) is 0 Å². The number of fused-ring (bicyclic) bond motifs is 2. The molecular formula is C29H30F6N8O2. The smallest absolute Gasteiger partial charge is 0.433 e. The molecule has 0 aliphatic carbocycles. The van der Waals surface area contributed by atoms with E-state index in [0.717, 1.165) is 37.3 Å². The maximum Gasteiger partial charge on any atom is 0.433 e. The fraction of sp³-hybridized carbons (Fsp3) is 0.448. The standard InChI is InChI=1S/C29H30F6N8O2/c1-3-45-19-11-15(27(44)38-22-12-20(28(30,31)32)41(2)40-22)7-9-18(19)23-24-25(36)37-13-21(29(33,34)35)43(24)26(39-23)16-6-8-17-5-4-10-42(17)14-16/h7,9,11-13,16-17H,3-6,8,10,14H2,1-2H3,(H2,36,37)(H,38,40,44). The van der Waals surface area contributed by atoms with E-state index >= 15 is 0 Å². The van der Waals surface area contributed by atoms with Gasteiger partial charge in [0.05, 0.1) is 12.8 Å². The van der Waals surface area contributed by atoms with Gasteiger partial charge < -0.3 is 15.8 Å². The number of carbonyl (C=O) groups is 1. The van der Waals surface area contributed by atoms with E-state index in [1.54, 1.807) is 6.92 Å². The quantitative estimate of drug-likeness (QED) is 0.259. The number of piperidine rings is 1. The van der Waals surface area contributed by atoms with Gasteiger partial charge in [0.25, 0.3) is 5.91 Å². The zero-order chi connectivity index (χ0) is 32.3. The van der Waals surface area contributed by atoms with Crippen molar-refractivity contribution in [3.8, 4) is 17.0 Å². The van der Waals surface area contributed by atoms with Gasteiger partial charge in [-0.15, -0.1) is 0 Å². The zero-order valence-electron chi connectivity index (χ0n) is 24.3. The molecule has 0 saturated carbocycles. The molecular weight excluding hydrogens is 606 g/mol. The van der Waals surface area contributed by atoms with Gasteiger partial charge in [0, 0.05) is 42.7 Å². The molecule has 45 heavy (non-hydrogen) atoms. The number of benzene rings is 1. The van der Waals surface area contributed by atoms with Gasteiger partial charge in [-0.2, -0.15) is 31.4 Å². The van der Waals surface area contributed by atoms with Crippen LogP contribution in [0.4, 0.5) is 38.0 Å². The number of carbonyl (C=O) groups excluding carboxylic acids is 1. The summed E-state index contributed by atoms with van der Waals surface area (Å²) >= 11 is 0. The lowest BCUT2D eigenvalue weighted by molar-refractivity contribution is -0.144. The second kappa shape index (κ2) is 11.2. The lowest BCUT2D eigenvalue weighted by atomic mass is 9.92. The van der Waals surface area contributed by atoms with Crippen molar-refractivity contribution in [2.75, 3.05) is 30.7 Å². The number of amides is 1. The van der Waals surface area contributed by atoms with Crippen LogP contribution in [-0.2, 0) is 19.4 Å². The van der Waals surface area contributed by atoms with E-state index in [0.29, 0.717) is 36.0 Å². The van der Waals surface area contributed by atoms with Crippen LogP contribution >= 0.6 is 0 Å². The first-order chi connectivity index (χ1) is 21.3. The van der Waals surface area contributed by atoms with Crippen LogP contribution in [0.15, 0.2) is 30.5 Å². The van der Waals surface area contributed by atoms with Crippen LogP contribution in [-0.4, -0.2) is 60.7 Å². The molecule has 1 aromatic carbocycles. The highest BCUT2D eigenvalue weighted by Crippen LogP contribution is 2.43. The van der Waals surface area contributed by atoms with Gasteiger partial charge in [0.1, 0.15) is 40.0 Å². The Hall–Kier alpha value is -4.34. The summed E-state index contributed by atoms with van der Waals surface area (Å²) in [6.07, 6.45) is -5.12. The molecule has 2 aliphatic rings. The van der Waals surface area contributed by atoms with Gasteiger partial charge in [0.15, 0.2) is 5.82 Å². The molecule has 16 heteroatoms. The third-order valence-corrected chi connectivity index (χ3v) is 8.38. The van der Waals surface area contributed by atoms with E-state index in [-0.39, 0.29) is 58.1 Å². The molecule has 10 nitrogen and oxygen atoms in total. The van der Waals surface area contributed by atoms with Crippen molar-refractivity contribution >= 4 is 23.1 Å². The molecule has 2 unspecified atom stereocenters. The van der Waals surface area contributed by atoms with E-state index in [2.05, 4.69) is 20.3 Å². The van der Waals surface area contributed by atoms with Gasteiger partial charge >= 0.3 is 12.4 Å². The molecule has 2 aliphatic heterocycles. The molecule has 3 N–H and O–H groups in total. The summed E-state index contributed by atoms with van der Waals surface area (Å²) in [5.41, 5.74) is 4.53. The fourth-order valence-corrected chi connectivity index (χ4v) is 6.39. The Bertz CT molecular complexity index is 1760. The van der Waals surface area contributed by atoms with Gasteiger partial charge in [-0.25, -0.2) is 9.97 Å². The molecule has 2 fully saturated rings. The van der Waals surface area contributed by atoms with Gasteiger partial charge in [-0.05, 0) is 57.4 Å². The van der Waals surface area contributed by atoms with Crippen molar-refractivity contribution < 1.29 is 35.9 Å². The second-order valence-electron chi connectivity index (χ2n) is 11.2. The highest BCUT2D eigenvalue weighted by molar-refractivity contribution is 6.04. The Labute approximate surface area is 253 Å². The highest BCUT2D eigenvalue weighted by Gasteiger charge is 2.40. The number of hydrogen-bond acceptors (Lipinski definition) is 7. The Morgan fingerprint density at radius 2 is 1.84 bits per heavy atom. The van der Waals surface area contributed by atoms with Crippen LogP contribution in [0.3, 0.4) is 0 Å². The lowest BCUT2D eigenvalue weighted by Crippen LogP contribution is -2.38. The zero-order valence-corrected chi connectivity index (χ0v) is 24.3. The van der Waals surface area contributed by atoms with E-state index in [9.17, 15) is 31.1 Å². The first kappa shape index (κ1) is 30.7. The molecule has 5 heterocycles. The molecule has 0 bridgehead atoms. The maximum absolute atomic E-state index is 14.4. The Balaban J connectivity index is 1.43. The number of nitrogen functional groups attached to an aromatic ring is 1. The maximum atomic E-state index is 14.4. The monoisotopic (exact) mass is 636 g/mol. The molecule has 240 valence electrons. The number of alkyl halides is 6. The summed E-state index contributed by atoms with van der Waals surface area (Å²) in [5.74, 6) is -1.21. The first-order valence-electron chi connectivity index (χ1n) is 14.4. The third-order valence-electron chi connectivity index (χ3n) is 8.38. The molecule has 6 rings (SSSR count). The minimum absolute atomic E-state index is 0.0135. The summed E-state index contributed by atoms with van der Waals surface area (Å²) in [6.45, 7) is 3.25. The molecule has 2 atom stereocenters. The summed E-state index contributed by atoms with van der Waals surface area (Å²) < 4.78 is 90.1. The first-order valence-corrected chi connectivity index (χ1v) is 14.4. The summed E-state index contributed by atoms with van der Waals surface area (Å²) in [7, 11) is 1.10. The number of halogens is 6. The number of ether oxygens (including phenoxy) is 1. The highest BCUT2D eigenvalue weighted by atomic mass is 19.4. The van der Waals surface area contributed by atoms with Crippen LogP contribution in [0.2, 0.25) is 0 Å². The number of aromatic nitrogens is 5. The normalized spacial score (nSPS) is 19.2. The number of nitrogens with two attached hydrogens (primary N) is 1. The minimum Gasteiger partial charge on any atom is -0.493 e. The number of hydrogen-bond donors (Lipinski definition) is 2. The number of nitrogens with one attached hydrogen (secondary N) is 1. The molecule has 0 spiro atoms. The van der Waals surface area contributed by atoms with Crippen LogP contribution in [0.1, 0.15) is 66.1 Å². The van der Waals surface area contributed by atoms with E-state index in [1.807, 2.05) is 0 Å². The third kappa shape index (κ3) is 5.66. The van der Waals surface area contributed by atoms with Crippen molar-refractivity contribution in [3.05, 3.63) is 53.2 Å². The second-order valence-corrected chi connectivity index (χ2v) is 11.2. The van der Waals surface area contributed by atoms with Crippen molar-refractivity contribution in [2.45, 2.75) is 56.9 Å². The van der Waals surface area contributed by atoms with Crippen molar-refractivity contribution in [3.63, 3.8) is 0 Å². The van der Waals surface area contributed by atoms with E-state index < -0.39 is 29.6 Å². The molecule has 1 amide bonds. The average Bonchev–Trinajstić information content (AvgIpc) is 3.69. The Kier molecular flexibility index (Phi) is 7.65. The van der Waals surface area contributed by atoms with E-state index in [1.165, 1.54) is 18.2 Å². The summed E-state index contributed by atoms with van der Waals surface area (Å²) in [5, 5.41) is 6.05. The minimum atomic E-state index is -4.75. The number of nitrogens with zero attached hydrogens (tertiary/aromatic N) is 6. The Morgan fingerprint density at radius 3 is 2.53 bits per heavy atom. The largest absolute Gasteiger partial charge is 0.493 e. The average molecular weight is 637 g/mol. The van der Waals surface area contributed by atoms with E-state index in [4.69, 9.17) is 15.5 Å². The number of aryl methyl sites for hydroxylation is 1.